The Morgan fingerprint density at radius 3 is 0.835 bits per heavy atom. The molecular weight excluding hydrogens is 1270 g/mol. The van der Waals surface area contributed by atoms with Gasteiger partial charge in [-0.15, -0.1) is 0 Å². The lowest BCUT2D eigenvalue weighted by Gasteiger charge is -2.21. The Balaban J connectivity index is 4.74. The van der Waals surface area contributed by atoms with Crippen LogP contribution in [0.5, 0.6) is 0 Å². The number of carbonyl (C=O) groups excluding carboxylic acids is 3. The monoisotopic (exact) mass is 1390 g/mol. The summed E-state index contributed by atoms with van der Waals surface area (Å²) in [6.45, 7) is 2.24. The van der Waals surface area contributed by atoms with Crippen LogP contribution in [-0.2, 0) is 55.8 Å². The smallest absolute Gasteiger partial charge is 0.463 e. The Labute approximate surface area is 586 Å². The van der Waals surface area contributed by atoms with Crippen molar-refractivity contribution in [1.82, 2.24) is 0 Å². The standard InChI is InChI=1S/C79H128O16P2/c1-4-7-10-13-16-19-22-25-28-31-33-35-36-38-40-42-44-47-50-53-56-59-62-65-77(82)89-68-74(80)69-91-96(85,86)92-70-75(81)71-93-97(87,88)94-73-76(95-79(84)67-64-61-58-55-52-49-46-41-30-27-24-21-18-15-12-9-6-3)72-90-78(83)66-63-60-57-54-51-48-45-43-39-37-34-32-29-26-23-20-17-14-11-8-5-2/h7-12,16-21,25-30,33-35,37-38,40,43,45,51,54,74-76,80-81H,4-6,13-15,22-24,31-32,36,39,41-42,44,46-50,52-53,55-73H2,1-3H3,(H,85,86)(H,87,88)/b10-7-,11-8-,12-9-,19-16-,20-17-,21-18-,28-25-,29-26-,30-27-,35-33-,37-34-,40-38-,45-43-,54-51-. The lowest BCUT2D eigenvalue weighted by atomic mass is 10.1. The van der Waals surface area contributed by atoms with Gasteiger partial charge in [0, 0.05) is 19.3 Å². The van der Waals surface area contributed by atoms with Crippen LogP contribution in [0.25, 0.3) is 0 Å². The lowest BCUT2D eigenvalue weighted by molar-refractivity contribution is -0.161. The Bertz CT molecular complexity index is 2440. The highest BCUT2D eigenvalue weighted by molar-refractivity contribution is 7.47. The first kappa shape index (κ1) is 91.9. The predicted octanol–water partition coefficient (Wildman–Crippen LogP) is 20.9. The molecule has 0 rings (SSSR count). The molecule has 0 aliphatic carbocycles. The third-order valence-corrected chi connectivity index (χ3v) is 16.3. The highest BCUT2D eigenvalue weighted by Gasteiger charge is 2.29. The molecule has 18 heteroatoms. The van der Waals surface area contributed by atoms with Gasteiger partial charge < -0.3 is 34.2 Å². The van der Waals surface area contributed by atoms with E-state index in [4.69, 9.17) is 32.3 Å². The van der Waals surface area contributed by atoms with Gasteiger partial charge in [-0.3, -0.25) is 32.5 Å². The van der Waals surface area contributed by atoms with Crippen LogP contribution in [0.15, 0.2) is 170 Å². The van der Waals surface area contributed by atoms with E-state index >= 15 is 0 Å². The Morgan fingerprint density at radius 1 is 0.289 bits per heavy atom. The quantitative estimate of drug-likeness (QED) is 0.0146. The summed E-state index contributed by atoms with van der Waals surface area (Å²) in [5.74, 6) is -1.66. The molecule has 4 N–H and O–H groups in total. The van der Waals surface area contributed by atoms with Crippen molar-refractivity contribution in [3.05, 3.63) is 170 Å². The predicted molar refractivity (Wildman–Crippen MR) is 398 cm³/mol. The van der Waals surface area contributed by atoms with Gasteiger partial charge in [0.2, 0.25) is 0 Å². The summed E-state index contributed by atoms with van der Waals surface area (Å²) < 4.78 is 61.0. The van der Waals surface area contributed by atoms with Gasteiger partial charge in [-0.2, -0.15) is 0 Å². The van der Waals surface area contributed by atoms with E-state index in [2.05, 4.69) is 191 Å². The molecule has 0 bridgehead atoms. The molecule has 0 radical (unpaired) electrons. The van der Waals surface area contributed by atoms with Gasteiger partial charge in [-0.05, 0) is 148 Å². The van der Waals surface area contributed by atoms with Crippen LogP contribution < -0.4 is 0 Å². The van der Waals surface area contributed by atoms with Crippen LogP contribution in [0.1, 0.15) is 252 Å². The number of unbranched alkanes of at least 4 members (excludes halogenated alkanes) is 16. The summed E-state index contributed by atoms with van der Waals surface area (Å²) in [5.41, 5.74) is 0. The first-order valence-corrected chi connectivity index (χ1v) is 39.4. The van der Waals surface area contributed by atoms with Crippen LogP contribution in [0.2, 0.25) is 0 Å². The number of ether oxygens (including phenoxy) is 3. The average molecular weight is 1400 g/mol. The molecule has 16 nitrogen and oxygen atoms in total. The molecule has 5 unspecified atom stereocenters. The molecule has 0 amide bonds. The third-order valence-electron chi connectivity index (χ3n) is 14.4. The summed E-state index contributed by atoms with van der Waals surface area (Å²) in [4.78, 5) is 58.5. The van der Waals surface area contributed by atoms with Crippen LogP contribution in [0, 0.1) is 0 Å². The van der Waals surface area contributed by atoms with Crippen molar-refractivity contribution in [3.63, 3.8) is 0 Å². The second-order valence-electron chi connectivity index (χ2n) is 23.6. The van der Waals surface area contributed by atoms with Crippen molar-refractivity contribution in [2.45, 2.75) is 270 Å². The van der Waals surface area contributed by atoms with Crippen molar-refractivity contribution in [1.29, 1.82) is 0 Å². The molecule has 0 saturated heterocycles. The van der Waals surface area contributed by atoms with Crippen molar-refractivity contribution < 1.29 is 75.8 Å². The second kappa shape index (κ2) is 70.8. The molecule has 0 spiro atoms. The average Bonchev–Trinajstić information content (AvgIpc) is 1.65. The largest absolute Gasteiger partial charge is 0.472 e. The molecule has 0 saturated carbocycles. The van der Waals surface area contributed by atoms with E-state index in [1.165, 1.54) is 0 Å². The number of aliphatic hydroxyl groups is 2. The van der Waals surface area contributed by atoms with Crippen LogP contribution in [0.4, 0.5) is 0 Å². The number of aliphatic hydroxyl groups excluding tert-OH is 2. The zero-order chi connectivity index (χ0) is 70.9. The van der Waals surface area contributed by atoms with E-state index in [9.17, 15) is 43.5 Å². The molecule has 0 aliphatic heterocycles. The number of phosphoric acid groups is 2. The summed E-state index contributed by atoms with van der Waals surface area (Å²) in [7, 11) is -9.82. The van der Waals surface area contributed by atoms with E-state index < -0.39 is 91.5 Å². The van der Waals surface area contributed by atoms with E-state index in [0.29, 0.717) is 19.3 Å². The maximum Gasteiger partial charge on any atom is 0.472 e. The molecule has 0 aromatic carbocycles. The first-order valence-electron chi connectivity index (χ1n) is 36.4. The number of phosphoric ester groups is 2. The highest BCUT2D eigenvalue weighted by atomic mass is 31.2. The Morgan fingerprint density at radius 2 is 0.515 bits per heavy atom. The fourth-order valence-electron chi connectivity index (χ4n) is 8.97. The molecule has 0 aromatic rings. The van der Waals surface area contributed by atoms with Gasteiger partial charge in [-0.1, -0.05) is 255 Å². The van der Waals surface area contributed by atoms with E-state index in [-0.39, 0.29) is 19.3 Å². The number of rotatable bonds is 67. The second-order valence-corrected chi connectivity index (χ2v) is 26.5. The van der Waals surface area contributed by atoms with Crippen LogP contribution in [0.3, 0.4) is 0 Å². The van der Waals surface area contributed by atoms with Crippen molar-refractivity contribution in [2.24, 2.45) is 0 Å². The summed E-state index contributed by atoms with van der Waals surface area (Å²) >= 11 is 0. The van der Waals surface area contributed by atoms with Crippen LogP contribution >= 0.6 is 15.6 Å². The van der Waals surface area contributed by atoms with Gasteiger partial charge in [-0.25, -0.2) is 9.13 Å². The first-order chi connectivity index (χ1) is 47.2. The lowest BCUT2D eigenvalue weighted by Crippen LogP contribution is -2.30. The normalized spacial score (nSPS) is 15.1. The minimum Gasteiger partial charge on any atom is -0.463 e. The van der Waals surface area contributed by atoms with E-state index in [1.54, 1.807) is 0 Å². The minimum atomic E-state index is -4.95. The van der Waals surface area contributed by atoms with Crippen molar-refractivity contribution in [3.8, 4) is 0 Å². The fourth-order valence-corrected chi connectivity index (χ4v) is 10.6. The van der Waals surface area contributed by atoms with Gasteiger partial charge in [0.15, 0.2) is 6.10 Å². The third kappa shape index (κ3) is 72.0. The van der Waals surface area contributed by atoms with Crippen LogP contribution in [-0.4, -0.2) is 95.9 Å². The molecular formula is C79H128O16P2. The SMILES string of the molecule is CC/C=C\C/C=C\C/C=C\C/C=C\C/C=C\C/C=C\CCCCC(=O)OCC(COP(=O)(O)OCC(O)COP(=O)(O)OCC(O)COC(=O)CCCCCCCCC/C=C\C/C=C\C/C=C\C/C=C\C/C=C\CC)OC(=O)CCCCCCCCC/C=C\C/C=C\C/C=C\CC. The van der Waals surface area contributed by atoms with Crippen molar-refractivity contribution >= 4 is 33.6 Å². The highest BCUT2D eigenvalue weighted by Crippen LogP contribution is 2.45. The van der Waals surface area contributed by atoms with Gasteiger partial charge in [0.25, 0.3) is 0 Å². The van der Waals surface area contributed by atoms with Crippen molar-refractivity contribution in [2.75, 3.05) is 39.6 Å². The molecule has 0 aliphatic rings. The molecule has 0 heterocycles. The topological polar surface area (TPSA) is 231 Å². The number of allylic oxidation sites excluding steroid dienone is 28. The number of hydrogen-bond donors (Lipinski definition) is 4. The molecule has 0 aromatic heterocycles. The Kier molecular flexibility index (Phi) is 67.0. The Hall–Kier alpha value is -5.09. The maximum absolute atomic E-state index is 13.0. The van der Waals surface area contributed by atoms with Gasteiger partial charge >= 0.3 is 33.6 Å². The summed E-state index contributed by atoms with van der Waals surface area (Å²) in [6, 6.07) is 0. The maximum atomic E-state index is 13.0. The van der Waals surface area contributed by atoms with Gasteiger partial charge in [0.1, 0.15) is 25.4 Å². The number of carbonyl (C=O) groups is 3. The fraction of sp³-hybridized carbons (Fsp3) is 0.608. The zero-order valence-electron chi connectivity index (χ0n) is 59.7. The summed E-state index contributed by atoms with van der Waals surface area (Å²) in [6.07, 6.45) is 88.2. The number of esters is 3. The summed E-state index contributed by atoms with van der Waals surface area (Å²) in [5, 5.41) is 20.6. The molecule has 5 atom stereocenters. The van der Waals surface area contributed by atoms with E-state index in [1.807, 2.05) is 0 Å². The molecule has 97 heavy (non-hydrogen) atoms. The van der Waals surface area contributed by atoms with Gasteiger partial charge in [0.05, 0.1) is 26.4 Å². The number of hydrogen-bond acceptors (Lipinski definition) is 14. The minimum absolute atomic E-state index is 0.0764. The van der Waals surface area contributed by atoms with E-state index in [0.717, 1.165) is 193 Å². The molecule has 550 valence electrons. The zero-order valence-corrected chi connectivity index (χ0v) is 61.5. The molecule has 0 fully saturated rings.